The fourth-order valence-electron chi connectivity index (χ4n) is 1.53. The van der Waals surface area contributed by atoms with Gasteiger partial charge in [0.05, 0.1) is 12.6 Å². The van der Waals surface area contributed by atoms with Gasteiger partial charge in [0.25, 0.3) is 0 Å². The fourth-order valence-corrected chi connectivity index (χ4v) is 1.53. The van der Waals surface area contributed by atoms with Gasteiger partial charge < -0.3 is 15.8 Å². The van der Waals surface area contributed by atoms with Crippen LogP contribution in [0, 0.1) is 0 Å². The molecule has 0 radical (unpaired) electrons. The number of carbonyl (C=O) groups is 1. The predicted molar refractivity (Wildman–Crippen MR) is 73.7 cm³/mol. The summed E-state index contributed by atoms with van der Waals surface area (Å²) in [5, 5.41) is 2.79. The average Bonchev–Trinajstić information content (AvgIpc) is 2.38. The molecule has 0 saturated heterocycles. The summed E-state index contributed by atoms with van der Waals surface area (Å²) in [6.45, 7) is 4.77. The third-order valence-corrected chi connectivity index (χ3v) is 2.53. The largest absolute Gasteiger partial charge is 0.494 e. The second-order valence-corrected chi connectivity index (χ2v) is 4.26. The van der Waals surface area contributed by atoms with Crippen LogP contribution in [0.25, 0.3) is 0 Å². The van der Waals surface area contributed by atoms with Crippen molar-refractivity contribution in [1.82, 2.24) is 0 Å². The predicted octanol–water partition coefficient (Wildman–Crippen LogP) is 2.54. The molecule has 1 amide bonds. The molecule has 0 saturated carbocycles. The minimum Gasteiger partial charge on any atom is -0.494 e. The molecule has 0 aliphatic heterocycles. The van der Waals surface area contributed by atoms with E-state index in [-0.39, 0.29) is 5.91 Å². The molecule has 1 rings (SSSR count). The Labute approximate surface area is 109 Å². The molecule has 1 aromatic carbocycles. The highest BCUT2D eigenvalue weighted by Crippen LogP contribution is 2.16. The van der Waals surface area contributed by atoms with E-state index in [1.807, 2.05) is 31.2 Å². The van der Waals surface area contributed by atoms with E-state index in [1.165, 1.54) is 0 Å². The van der Waals surface area contributed by atoms with Crippen LogP contribution < -0.4 is 15.8 Å². The zero-order chi connectivity index (χ0) is 13.4. The molecule has 0 unspecified atom stereocenters. The first-order valence-electron chi connectivity index (χ1n) is 6.46. The highest BCUT2D eigenvalue weighted by molar-refractivity contribution is 5.94. The summed E-state index contributed by atoms with van der Waals surface area (Å²) < 4.78 is 5.46. The highest BCUT2D eigenvalue weighted by atomic mass is 16.5. The maximum atomic E-state index is 11.7. The smallest absolute Gasteiger partial charge is 0.241 e. The average molecular weight is 250 g/mol. The van der Waals surface area contributed by atoms with Crippen LogP contribution in [0.5, 0.6) is 5.75 Å². The summed E-state index contributed by atoms with van der Waals surface area (Å²) in [4.78, 5) is 11.7. The lowest BCUT2D eigenvalue weighted by Crippen LogP contribution is -2.35. The first-order valence-corrected chi connectivity index (χ1v) is 6.46. The molecule has 4 nitrogen and oxygen atoms in total. The van der Waals surface area contributed by atoms with Crippen molar-refractivity contribution >= 4 is 11.6 Å². The lowest BCUT2D eigenvalue weighted by atomic mass is 10.1. The van der Waals surface area contributed by atoms with Crippen molar-refractivity contribution in [3.05, 3.63) is 24.3 Å². The Morgan fingerprint density at radius 3 is 2.50 bits per heavy atom. The van der Waals surface area contributed by atoms with Crippen molar-refractivity contribution < 1.29 is 9.53 Å². The van der Waals surface area contributed by atoms with Gasteiger partial charge in [0.2, 0.25) is 5.91 Å². The third kappa shape index (κ3) is 4.75. The summed E-state index contributed by atoms with van der Waals surface area (Å²) in [6, 6.07) is 6.89. The van der Waals surface area contributed by atoms with Gasteiger partial charge in [0.1, 0.15) is 5.75 Å². The molecular weight excluding hydrogens is 228 g/mol. The van der Waals surface area contributed by atoms with E-state index in [1.54, 1.807) is 0 Å². The Morgan fingerprint density at radius 1 is 1.28 bits per heavy atom. The molecule has 0 bridgehead atoms. The first-order chi connectivity index (χ1) is 8.67. The number of nitrogens with one attached hydrogen (secondary N) is 1. The molecule has 4 heteroatoms. The Hall–Kier alpha value is -1.55. The van der Waals surface area contributed by atoms with Gasteiger partial charge in [0.15, 0.2) is 0 Å². The molecule has 0 aromatic heterocycles. The summed E-state index contributed by atoms with van der Waals surface area (Å²) in [7, 11) is 0. The van der Waals surface area contributed by atoms with Gasteiger partial charge in [-0.25, -0.2) is 0 Å². The van der Waals surface area contributed by atoms with Crippen molar-refractivity contribution in [1.29, 1.82) is 0 Å². The molecule has 1 atom stereocenters. The van der Waals surface area contributed by atoms with Crippen LogP contribution in [0.2, 0.25) is 0 Å². The van der Waals surface area contributed by atoms with E-state index < -0.39 is 6.04 Å². The normalized spacial score (nSPS) is 11.9. The molecule has 0 spiro atoms. The molecule has 0 aliphatic carbocycles. The van der Waals surface area contributed by atoms with Crippen LogP contribution in [0.3, 0.4) is 0 Å². The monoisotopic (exact) mass is 250 g/mol. The number of amides is 1. The van der Waals surface area contributed by atoms with Crippen LogP contribution in [0.15, 0.2) is 24.3 Å². The summed E-state index contributed by atoms with van der Waals surface area (Å²) in [6.07, 6.45) is 2.58. The van der Waals surface area contributed by atoms with Crippen LogP contribution in [-0.2, 0) is 4.79 Å². The number of hydrogen-bond acceptors (Lipinski definition) is 3. The number of anilines is 1. The summed E-state index contributed by atoms with van der Waals surface area (Å²) in [5.74, 6) is 0.673. The summed E-state index contributed by atoms with van der Waals surface area (Å²) in [5.41, 5.74) is 6.48. The number of ether oxygens (including phenoxy) is 1. The maximum Gasteiger partial charge on any atom is 0.241 e. The standard InChI is InChI=1S/C14H22N2O2/c1-3-5-13(15)14(17)16-11-6-8-12(9-7-11)18-10-4-2/h6-9,13H,3-5,10,15H2,1-2H3,(H,16,17)/t13-/m1/s1. The van der Waals surface area contributed by atoms with E-state index in [9.17, 15) is 4.79 Å². The van der Waals surface area contributed by atoms with Gasteiger partial charge in [-0.05, 0) is 37.1 Å². The molecule has 3 N–H and O–H groups in total. The van der Waals surface area contributed by atoms with E-state index in [0.29, 0.717) is 13.0 Å². The second kappa shape index (κ2) is 7.71. The van der Waals surface area contributed by atoms with Crippen molar-refractivity contribution in [3.63, 3.8) is 0 Å². The van der Waals surface area contributed by atoms with Crippen LogP contribution in [0.4, 0.5) is 5.69 Å². The summed E-state index contributed by atoms with van der Waals surface area (Å²) >= 11 is 0. The Balaban J connectivity index is 2.50. The molecule has 0 aliphatic rings. The van der Waals surface area contributed by atoms with Gasteiger partial charge >= 0.3 is 0 Å². The Bertz CT molecular complexity index is 363. The van der Waals surface area contributed by atoms with Gasteiger partial charge in [-0.2, -0.15) is 0 Å². The lowest BCUT2D eigenvalue weighted by Gasteiger charge is -2.11. The SMILES string of the molecule is CCCOc1ccc(NC(=O)[C@H](N)CCC)cc1. The van der Waals surface area contributed by atoms with Crippen molar-refractivity contribution in [3.8, 4) is 5.75 Å². The van der Waals surface area contributed by atoms with Gasteiger partial charge in [-0.3, -0.25) is 4.79 Å². The minimum atomic E-state index is -0.439. The number of carbonyl (C=O) groups excluding carboxylic acids is 1. The highest BCUT2D eigenvalue weighted by Gasteiger charge is 2.11. The van der Waals surface area contributed by atoms with Crippen molar-refractivity contribution in [2.45, 2.75) is 39.2 Å². The number of hydrogen-bond donors (Lipinski definition) is 2. The Kier molecular flexibility index (Phi) is 6.22. The fraction of sp³-hybridized carbons (Fsp3) is 0.500. The molecule has 18 heavy (non-hydrogen) atoms. The molecule has 100 valence electrons. The van der Waals surface area contributed by atoms with Gasteiger partial charge in [-0.1, -0.05) is 20.3 Å². The van der Waals surface area contributed by atoms with Crippen LogP contribution >= 0.6 is 0 Å². The van der Waals surface area contributed by atoms with Crippen molar-refractivity contribution in [2.24, 2.45) is 5.73 Å². The molecule has 1 aromatic rings. The lowest BCUT2D eigenvalue weighted by molar-refractivity contribution is -0.117. The van der Waals surface area contributed by atoms with E-state index in [2.05, 4.69) is 12.2 Å². The Morgan fingerprint density at radius 2 is 1.94 bits per heavy atom. The van der Waals surface area contributed by atoms with Crippen molar-refractivity contribution in [2.75, 3.05) is 11.9 Å². The van der Waals surface area contributed by atoms with Crippen LogP contribution in [0.1, 0.15) is 33.1 Å². The van der Waals surface area contributed by atoms with Gasteiger partial charge in [0, 0.05) is 5.69 Å². The zero-order valence-corrected chi connectivity index (χ0v) is 11.1. The topological polar surface area (TPSA) is 64.3 Å². The van der Waals surface area contributed by atoms with E-state index in [4.69, 9.17) is 10.5 Å². The first kappa shape index (κ1) is 14.5. The number of rotatable bonds is 7. The molecular formula is C14H22N2O2. The second-order valence-electron chi connectivity index (χ2n) is 4.26. The minimum absolute atomic E-state index is 0.140. The van der Waals surface area contributed by atoms with Crippen LogP contribution in [-0.4, -0.2) is 18.6 Å². The third-order valence-electron chi connectivity index (χ3n) is 2.53. The molecule has 0 heterocycles. The molecule has 0 fully saturated rings. The van der Waals surface area contributed by atoms with Gasteiger partial charge in [-0.15, -0.1) is 0 Å². The van der Waals surface area contributed by atoms with E-state index in [0.717, 1.165) is 24.3 Å². The maximum absolute atomic E-state index is 11.7. The van der Waals surface area contributed by atoms with E-state index >= 15 is 0 Å². The quantitative estimate of drug-likeness (QED) is 0.781. The zero-order valence-electron chi connectivity index (χ0n) is 11.1. The number of benzene rings is 1. The number of nitrogens with two attached hydrogens (primary N) is 1.